The molecule has 10 nitrogen and oxygen atoms in total. The Bertz CT molecular complexity index is 1610. The summed E-state index contributed by atoms with van der Waals surface area (Å²) in [6.45, 7) is 2.55. The van der Waals surface area contributed by atoms with E-state index in [-0.39, 0.29) is 18.6 Å². The maximum atomic E-state index is 13.0. The Morgan fingerprint density at radius 3 is 2.74 bits per heavy atom. The molecular formula is C31H34ClN7O3. The fourth-order valence-corrected chi connectivity index (χ4v) is 6.08. The molecule has 0 unspecified atom stereocenters. The van der Waals surface area contributed by atoms with E-state index in [1.54, 1.807) is 19.2 Å². The van der Waals surface area contributed by atoms with Crippen molar-refractivity contribution in [3.8, 4) is 28.3 Å². The van der Waals surface area contributed by atoms with E-state index in [9.17, 15) is 4.79 Å². The second-order valence-corrected chi connectivity index (χ2v) is 11.1. The third-order valence-electron chi connectivity index (χ3n) is 8.03. The molecule has 1 amide bonds. The summed E-state index contributed by atoms with van der Waals surface area (Å²) in [4.78, 5) is 24.8. The maximum absolute atomic E-state index is 13.0. The SMILES string of the molecule is COc1cc(C(=O)NC2CCN(CCO)CC2)ccc1Nc1ncc2c(n1)-c1c(nn(C)c1-c1ccccc1Cl)CC2. The standard InChI is InChI=1S/C31H34ClN7O3/c1-38-29(22-5-3-4-6-23(22)32)27-25(37-38)10-8-20-18-33-31(36-28(20)27)35-24-9-7-19(17-26(24)42-2)30(41)34-21-11-13-39(14-12-21)15-16-40/h3-7,9,17-18,21,40H,8,10-16H2,1-2H3,(H,34,41)(H,33,35,36). The number of amides is 1. The number of benzene rings is 2. The summed E-state index contributed by atoms with van der Waals surface area (Å²) in [6, 6.07) is 13.2. The van der Waals surface area contributed by atoms with Gasteiger partial charge < -0.3 is 25.4 Å². The third-order valence-corrected chi connectivity index (χ3v) is 8.36. The largest absolute Gasteiger partial charge is 0.495 e. The number of likely N-dealkylation sites (tertiary alicyclic amines) is 1. The molecule has 2 aromatic carbocycles. The predicted octanol–water partition coefficient (Wildman–Crippen LogP) is 4.23. The molecule has 4 aromatic rings. The van der Waals surface area contributed by atoms with Crippen molar-refractivity contribution in [1.82, 2.24) is 30.0 Å². The van der Waals surface area contributed by atoms with E-state index in [4.69, 9.17) is 31.5 Å². The summed E-state index contributed by atoms with van der Waals surface area (Å²) in [6.07, 6.45) is 5.17. The molecule has 3 N–H and O–H groups in total. The second kappa shape index (κ2) is 12.1. The molecule has 218 valence electrons. The Morgan fingerprint density at radius 1 is 1.17 bits per heavy atom. The van der Waals surface area contributed by atoms with Crippen LogP contribution in [-0.2, 0) is 19.9 Å². The van der Waals surface area contributed by atoms with E-state index < -0.39 is 0 Å². The first-order chi connectivity index (χ1) is 20.4. The van der Waals surface area contributed by atoms with Crippen LogP contribution in [0.5, 0.6) is 5.75 Å². The molecule has 0 atom stereocenters. The molecule has 1 fully saturated rings. The molecule has 3 heterocycles. The van der Waals surface area contributed by atoms with Gasteiger partial charge in [-0.3, -0.25) is 9.48 Å². The number of piperidine rings is 1. The smallest absolute Gasteiger partial charge is 0.251 e. The van der Waals surface area contributed by atoms with Gasteiger partial charge >= 0.3 is 0 Å². The monoisotopic (exact) mass is 587 g/mol. The number of methoxy groups -OCH3 is 1. The number of aromatic nitrogens is 4. The van der Waals surface area contributed by atoms with Crippen LogP contribution in [0.15, 0.2) is 48.7 Å². The molecule has 0 spiro atoms. The number of fused-ring (bicyclic) bond motifs is 3. The van der Waals surface area contributed by atoms with Crippen LogP contribution >= 0.6 is 11.6 Å². The molecule has 2 aliphatic rings. The molecule has 6 rings (SSSR count). The Labute approximate surface area is 249 Å². The van der Waals surface area contributed by atoms with Gasteiger partial charge in [0.05, 0.1) is 36.5 Å². The first-order valence-corrected chi connectivity index (χ1v) is 14.6. The van der Waals surface area contributed by atoms with Crippen molar-refractivity contribution >= 4 is 29.1 Å². The van der Waals surface area contributed by atoms with E-state index in [2.05, 4.69) is 20.5 Å². The van der Waals surface area contributed by atoms with E-state index in [0.29, 0.717) is 34.5 Å². The lowest BCUT2D eigenvalue weighted by Gasteiger charge is -2.31. The minimum atomic E-state index is -0.137. The van der Waals surface area contributed by atoms with Gasteiger partial charge in [0.1, 0.15) is 5.75 Å². The molecular weight excluding hydrogens is 554 g/mol. The summed E-state index contributed by atoms with van der Waals surface area (Å²) in [5.74, 6) is 0.794. The normalized spacial score (nSPS) is 15.1. The summed E-state index contributed by atoms with van der Waals surface area (Å²) >= 11 is 6.60. The van der Waals surface area contributed by atoms with Crippen molar-refractivity contribution in [2.75, 3.05) is 38.7 Å². The van der Waals surface area contributed by atoms with Gasteiger partial charge in [0.2, 0.25) is 5.95 Å². The summed E-state index contributed by atoms with van der Waals surface area (Å²) in [5, 5.41) is 21.0. The number of rotatable bonds is 8. The topological polar surface area (TPSA) is 117 Å². The number of nitrogens with one attached hydrogen (secondary N) is 2. The van der Waals surface area contributed by atoms with Crippen molar-refractivity contribution in [2.45, 2.75) is 31.7 Å². The number of hydrogen-bond donors (Lipinski definition) is 3. The van der Waals surface area contributed by atoms with Crippen molar-refractivity contribution in [3.63, 3.8) is 0 Å². The maximum Gasteiger partial charge on any atom is 0.251 e. The van der Waals surface area contributed by atoms with Gasteiger partial charge in [-0.1, -0.05) is 29.8 Å². The number of nitrogens with zero attached hydrogens (tertiary/aromatic N) is 5. The average Bonchev–Trinajstić information content (AvgIpc) is 3.34. The Kier molecular flexibility index (Phi) is 8.10. The van der Waals surface area contributed by atoms with Crippen LogP contribution in [0.4, 0.5) is 11.6 Å². The molecule has 11 heteroatoms. The van der Waals surface area contributed by atoms with Crippen LogP contribution in [0.2, 0.25) is 5.02 Å². The quantitative estimate of drug-likeness (QED) is 0.280. The van der Waals surface area contributed by atoms with Crippen LogP contribution in [0.1, 0.15) is 34.5 Å². The van der Waals surface area contributed by atoms with E-state index >= 15 is 0 Å². The fourth-order valence-electron chi connectivity index (χ4n) is 5.85. The van der Waals surface area contributed by atoms with E-state index in [0.717, 1.165) is 72.5 Å². The highest BCUT2D eigenvalue weighted by atomic mass is 35.5. The fraction of sp³-hybridized carbons (Fsp3) is 0.355. The molecule has 1 aliphatic heterocycles. The first-order valence-electron chi connectivity index (χ1n) is 14.2. The van der Waals surface area contributed by atoms with Gasteiger partial charge in [0.15, 0.2) is 0 Å². The van der Waals surface area contributed by atoms with E-state index in [1.165, 1.54) is 0 Å². The zero-order chi connectivity index (χ0) is 29.2. The third kappa shape index (κ3) is 5.57. The second-order valence-electron chi connectivity index (χ2n) is 10.7. The van der Waals surface area contributed by atoms with Crippen LogP contribution in [0.3, 0.4) is 0 Å². The van der Waals surface area contributed by atoms with Gasteiger partial charge in [-0.25, -0.2) is 9.97 Å². The summed E-state index contributed by atoms with van der Waals surface area (Å²) in [7, 11) is 3.50. The number of anilines is 2. The highest BCUT2D eigenvalue weighted by molar-refractivity contribution is 6.33. The Morgan fingerprint density at radius 2 is 1.98 bits per heavy atom. The van der Waals surface area contributed by atoms with Crippen LogP contribution in [0, 0.1) is 0 Å². The minimum absolute atomic E-state index is 0.105. The summed E-state index contributed by atoms with van der Waals surface area (Å²) < 4.78 is 7.52. The summed E-state index contributed by atoms with van der Waals surface area (Å²) in [5.41, 5.74) is 6.84. The number of ether oxygens (including phenoxy) is 1. The number of halogens is 1. The highest BCUT2D eigenvalue weighted by Crippen LogP contribution is 2.41. The lowest BCUT2D eigenvalue weighted by molar-refractivity contribution is 0.0903. The lowest BCUT2D eigenvalue weighted by atomic mass is 9.91. The molecule has 1 aliphatic carbocycles. The van der Waals surface area contributed by atoms with Gasteiger partial charge in [0.25, 0.3) is 5.91 Å². The Hall–Kier alpha value is -3.99. The van der Waals surface area contributed by atoms with Crippen LogP contribution in [0.25, 0.3) is 22.5 Å². The number of β-amino-alcohol motifs (C(OH)–C–C–N with tert-alkyl or cyclic N) is 1. The van der Waals surface area contributed by atoms with Gasteiger partial charge in [0, 0.05) is 60.6 Å². The number of carbonyl (C=O) groups excluding carboxylic acids is 1. The molecule has 0 bridgehead atoms. The number of aliphatic hydroxyl groups excluding tert-OH is 1. The van der Waals surface area contributed by atoms with Crippen LogP contribution in [-0.4, -0.2) is 75.1 Å². The zero-order valence-electron chi connectivity index (χ0n) is 23.7. The molecule has 42 heavy (non-hydrogen) atoms. The molecule has 1 saturated heterocycles. The molecule has 0 saturated carbocycles. The van der Waals surface area contributed by atoms with Crippen molar-refractivity contribution in [3.05, 3.63) is 70.5 Å². The van der Waals surface area contributed by atoms with Gasteiger partial charge in [-0.2, -0.15) is 5.10 Å². The molecule has 2 aromatic heterocycles. The average molecular weight is 588 g/mol. The van der Waals surface area contributed by atoms with Crippen molar-refractivity contribution in [2.24, 2.45) is 7.05 Å². The lowest BCUT2D eigenvalue weighted by Crippen LogP contribution is -2.45. The van der Waals surface area contributed by atoms with Crippen molar-refractivity contribution in [1.29, 1.82) is 0 Å². The number of hydrogen-bond acceptors (Lipinski definition) is 8. The van der Waals surface area contributed by atoms with Gasteiger partial charge in [-0.05, 0) is 55.5 Å². The van der Waals surface area contributed by atoms with Crippen molar-refractivity contribution < 1.29 is 14.6 Å². The first kappa shape index (κ1) is 28.1. The number of aryl methyl sites for hydroxylation is 3. The molecule has 0 radical (unpaired) electrons. The van der Waals surface area contributed by atoms with E-state index in [1.807, 2.05) is 48.3 Å². The Balaban J connectivity index is 1.23. The highest BCUT2D eigenvalue weighted by Gasteiger charge is 2.28. The zero-order valence-corrected chi connectivity index (χ0v) is 24.5. The predicted molar refractivity (Wildman–Crippen MR) is 162 cm³/mol. The van der Waals surface area contributed by atoms with Crippen LogP contribution < -0.4 is 15.4 Å². The van der Waals surface area contributed by atoms with Gasteiger partial charge in [-0.15, -0.1) is 0 Å². The number of aliphatic hydroxyl groups is 1. The minimum Gasteiger partial charge on any atom is -0.495 e. The number of carbonyl (C=O) groups is 1.